The molecular weight excluding hydrogens is 222 g/mol. The highest BCUT2D eigenvalue weighted by Gasteiger charge is 2.34. The molecule has 0 spiro atoms. The van der Waals surface area contributed by atoms with Gasteiger partial charge in [-0.1, -0.05) is 26.2 Å². The van der Waals surface area contributed by atoms with Gasteiger partial charge in [0.15, 0.2) is 0 Å². The summed E-state index contributed by atoms with van der Waals surface area (Å²) < 4.78 is 2.19. The van der Waals surface area contributed by atoms with Crippen LogP contribution in [0.3, 0.4) is 0 Å². The molecule has 90 valence electrons. The highest BCUT2D eigenvalue weighted by Crippen LogP contribution is 2.38. The number of halogens is 1. The third-order valence-corrected chi connectivity index (χ3v) is 4.00. The fourth-order valence-electron chi connectivity index (χ4n) is 2.77. The van der Waals surface area contributed by atoms with Crippen LogP contribution < -0.4 is 0 Å². The van der Waals surface area contributed by atoms with E-state index >= 15 is 0 Å². The van der Waals surface area contributed by atoms with Gasteiger partial charge in [0.1, 0.15) is 11.6 Å². The van der Waals surface area contributed by atoms with Crippen LogP contribution in [-0.4, -0.2) is 14.8 Å². The molecule has 0 N–H and O–H groups in total. The molecular formula is C12H20ClN3. The number of nitrogens with zero attached hydrogens (tertiary/aromatic N) is 3. The van der Waals surface area contributed by atoms with Crippen molar-refractivity contribution in [1.29, 1.82) is 0 Å². The van der Waals surface area contributed by atoms with Gasteiger partial charge >= 0.3 is 0 Å². The largest absolute Gasteiger partial charge is 0.314 e. The van der Waals surface area contributed by atoms with Gasteiger partial charge in [0, 0.05) is 12.0 Å². The van der Waals surface area contributed by atoms with Crippen LogP contribution in [0.25, 0.3) is 0 Å². The van der Waals surface area contributed by atoms with Crippen molar-refractivity contribution in [3.05, 3.63) is 11.6 Å². The molecule has 0 saturated heterocycles. The Labute approximate surface area is 102 Å². The summed E-state index contributed by atoms with van der Waals surface area (Å²) in [6, 6.07) is 0. The van der Waals surface area contributed by atoms with Crippen LogP contribution >= 0.6 is 11.6 Å². The molecule has 1 saturated carbocycles. The minimum Gasteiger partial charge on any atom is -0.314 e. The van der Waals surface area contributed by atoms with Crippen molar-refractivity contribution < 1.29 is 0 Å². The molecule has 2 rings (SSSR count). The zero-order chi connectivity index (χ0) is 11.6. The molecule has 0 aliphatic heterocycles. The first-order valence-corrected chi connectivity index (χ1v) is 6.73. The van der Waals surface area contributed by atoms with Crippen LogP contribution in [0.4, 0.5) is 0 Å². The fourth-order valence-corrected chi connectivity index (χ4v) is 2.97. The van der Waals surface area contributed by atoms with Crippen LogP contribution in [0.2, 0.25) is 0 Å². The number of alkyl halides is 1. The first-order chi connectivity index (χ1) is 7.71. The SMILES string of the molecule is CCn1c(CCl)nnc1C1(C)CCCCC1. The molecule has 1 aliphatic carbocycles. The molecule has 16 heavy (non-hydrogen) atoms. The van der Waals surface area contributed by atoms with E-state index in [-0.39, 0.29) is 5.41 Å². The van der Waals surface area contributed by atoms with Crippen molar-refractivity contribution in [2.45, 2.75) is 63.8 Å². The molecule has 0 unspecified atom stereocenters. The Balaban J connectivity index is 2.34. The minimum atomic E-state index is 0.214. The molecule has 1 aromatic rings. The summed E-state index contributed by atoms with van der Waals surface area (Å²) in [4.78, 5) is 0. The van der Waals surface area contributed by atoms with E-state index in [2.05, 4.69) is 28.6 Å². The number of hydrogen-bond donors (Lipinski definition) is 0. The van der Waals surface area contributed by atoms with Gasteiger partial charge in [0.05, 0.1) is 5.88 Å². The van der Waals surface area contributed by atoms with E-state index < -0.39 is 0 Å². The van der Waals surface area contributed by atoms with Crippen LogP contribution in [0.5, 0.6) is 0 Å². The summed E-state index contributed by atoms with van der Waals surface area (Å²) in [7, 11) is 0. The first kappa shape index (κ1) is 11.9. The molecule has 3 nitrogen and oxygen atoms in total. The molecule has 0 radical (unpaired) electrons. The molecule has 0 atom stereocenters. The van der Waals surface area contributed by atoms with Crippen LogP contribution in [0, 0.1) is 0 Å². The van der Waals surface area contributed by atoms with Crippen molar-refractivity contribution in [2.75, 3.05) is 0 Å². The Bertz CT molecular complexity index is 353. The lowest BCUT2D eigenvalue weighted by atomic mass is 9.75. The molecule has 1 fully saturated rings. The van der Waals surface area contributed by atoms with Gasteiger partial charge < -0.3 is 4.57 Å². The Kier molecular flexibility index (Phi) is 3.53. The van der Waals surface area contributed by atoms with Gasteiger partial charge in [-0.15, -0.1) is 21.8 Å². The molecule has 1 heterocycles. The van der Waals surface area contributed by atoms with Crippen molar-refractivity contribution in [3.8, 4) is 0 Å². The fraction of sp³-hybridized carbons (Fsp3) is 0.833. The summed E-state index contributed by atoms with van der Waals surface area (Å²) in [6.45, 7) is 5.37. The van der Waals surface area contributed by atoms with E-state index in [1.54, 1.807) is 0 Å². The normalized spacial score (nSPS) is 19.9. The lowest BCUT2D eigenvalue weighted by Gasteiger charge is -2.32. The van der Waals surface area contributed by atoms with Crippen LogP contribution in [-0.2, 0) is 17.8 Å². The van der Waals surface area contributed by atoms with Crippen molar-refractivity contribution in [1.82, 2.24) is 14.8 Å². The van der Waals surface area contributed by atoms with E-state index in [0.717, 1.165) is 18.2 Å². The monoisotopic (exact) mass is 241 g/mol. The summed E-state index contributed by atoms with van der Waals surface area (Å²) >= 11 is 5.89. The second-order valence-electron chi connectivity index (χ2n) is 4.94. The topological polar surface area (TPSA) is 30.7 Å². The molecule has 0 bridgehead atoms. The second kappa shape index (κ2) is 4.74. The third-order valence-electron chi connectivity index (χ3n) is 3.76. The molecule has 0 aromatic carbocycles. The molecule has 4 heteroatoms. The van der Waals surface area contributed by atoms with Gasteiger partial charge in [0.25, 0.3) is 0 Å². The van der Waals surface area contributed by atoms with Gasteiger partial charge in [-0.25, -0.2) is 0 Å². The predicted octanol–water partition coefficient (Wildman–Crippen LogP) is 3.26. The first-order valence-electron chi connectivity index (χ1n) is 6.20. The Hall–Kier alpha value is -0.570. The summed E-state index contributed by atoms with van der Waals surface area (Å²) in [5, 5.41) is 8.59. The smallest absolute Gasteiger partial charge is 0.147 e. The highest BCUT2D eigenvalue weighted by molar-refractivity contribution is 6.16. The highest BCUT2D eigenvalue weighted by atomic mass is 35.5. The van der Waals surface area contributed by atoms with Gasteiger partial charge in [0.2, 0.25) is 0 Å². The standard InChI is InChI=1S/C12H20ClN3/c1-3-16-10(9-13)14-15-11(16)12(2)7-5-4-6-8-12/h3-9H2,1-2H3. The van der Waals surface area contributed by atoms with Gasteiger partial charge in [-0.3, -0.25) is 0 Å². The maximum absolute atomic E-state index is 5.89. The Morgan fingerprint density at radius 2 is 1.94 bits per heavy atom. The van der Waals surface area contributed by atoms with Gasteiger partial charge in [-0.05, 0) is 19.8 Å². The average Bonchev–Trinajstić information content (AvgIpc) is 2.73. The summed E-state index contributed by atoms with van der Waals surface area (Å²) in [5.41, 5.74) is 0.214. The Morgan fingerprint density at radius 1 is 1.25 bits per heavy atom. The second-order valence-corrected chi connectivity index (χ2v) is 5.21. The average molecular weight is 242 g/mol. The molecule has 1 aromatic heterocycles. The molecule has 0 amide bonds. The van der Waals surface area contributed by atoms with Crippen LogP contribution in [0.15, 0.2) is 0 Å². The van der Waals surface area contributed by atoms with E-state index in [0.29, 0.717) is 5.88 Å². The summed E-state index contributed by atoms with van der Waals surface area (Å²) in [6.07, 6.45) is 6.44. The van der Waals surface area contributed by atoms with Crippen molar-refractivity contribution in [2.24, 2.45) is 0 Å². The number of rotatable bonds is 3. The lowest BCUT2D eigenvalue weighted by Crippen LogP contribution is -2.29. The van der Waals surface area contributed by atoms with E-state index in [9.17, 15) is 0 Å². The summed E-state index contributed by atoms with van der Waals surface area (Å²) in [5.74, 6) is 2.51. The lowest BCUT2D eigenvalue weighted by molar-refractivity contribution is 0.294. The predicted molar refractivity (Wildman–Crippen MR) is 65.7 cm³/mol. The maximum Gasteiger partial charge on any atom is 0.147 e. The van der Waals surface area contributed by atoms with E-state index in [4.69, 9.17) is 11.6 Å². The van der Waals surface area contributed by atoms with E-state index in [1.165, 1.54) is 32.1 Å². The zero-order valence-corrected chi connectivity index (χ0v) is 10.9. The number of hydrogen-bond acceptors (Lipinski definition) is 2. The third kappa shape index (κ3) is 1.97. The quantitative estimate of drug-likeness (QED) is 0.761. The van der Waals surface area contributed by atoms with Crippen molar-refractivity contribution >= 4 is 11.6 Å². The number of aromatic nitrogens is 3. The van der Waals surface area contributed by atoms with E-state index in [1.807, 2.05) is 0 Å². The van der Waals surface area contributed by atoms with Gasteiger partial charge in [-0.2, -0.15) is 0 Å². The Morgan fingerprint density at radius 3 is 2.50 bits per heavy atom. The minimum absolute atomic E-state index is 0.214. The maximum atomic E-state index is 5.89. The van der Waals surface area contributed by atoms with Crippen molar-refractivity contribution in [3.63, 3.8) is 0 Å². The zero-order valence-electron chi connectivity index (χ0n) is 10.2. The molecule has 1 aliphatic rings. The van der Waals surface area contributed by atoms with Crippen LogP contribution in [0.1, 0.15) is 57.6 Å².